The third-order valence-corrected chi connectivity index (χ3v) is 4.47. The van der Waals surface area contributed by atoms with E-state index in [-0.39, 0.29) is 15.7 Å². The molecule has 0 fully saturated rings. The van der Waals surface area contributed by atoms with Crippen LogP contribution in [0, 0.1) is 6.92 Å². The lowest BCUT2D eigenvalue weighted by molar-refractivity contribution is 0.601. The molecular weight excluding hydrogens is 321 g/mol. The highest BCUT2D eigenvalue weighted by molar-refractivity contribution is 7.92. The molecule has 2 aromatic rings. The van der Waals surface area contributed by atoms with Crippen molar-refractivity contribution < 1.29 is 8.42 Å². The largest absolute Gasteiger partial charge is 0.382 e. The molecule has 3 N–H and O–H groups in total. The molecule has 0 spiro atoms. The minimum absolute atomic E-state index is 0.0731. The molecule has 0 aliphatic carbocycles. The molecule has 0 unspecified atom stereocenters. The van der Waals surface area contributed by atoms with Crippen LogP contribution in [-0.2, 0) is 10.0 Å². The summed E-state index contributed by atoms with van der Waals surface area (Å²) in [5, 5.41) is 0.512. The number of pyridine rings is 1. The first-order valence-electron chi connectivity index (χ1n) is 5.49. The van der Waals surface area contributed by atoms with Gasteiger partial charge in [0.1, 0.15) is 10.7 Å². The molecule has 1 heterocycles. The molecule has 0 bridgehead atoms. The van der Waals surface area contributed by atoms with Gasteiger partial charge in [-0.3, -0.25) is 4.72 Å². The zero-order valence-electron chi connectivity index (χ0n) is 10.4. The number of anilines is 2. The number of hydrogen-bond donors (Lipinski definition) is 2. The van der Waals surface area contributed by atoms with Gasteiger partial charge in [-0.1, -0.05) is 29.3 Å². The second-order valence-corrected chi connectivity index (χ2v) is 6.63. The second-order valence-electron chi connectivity index (χ2n) is 4.10. The minimum atomic E-state index is -3.80. The topological polar surface area (TPSA) is 85.1 Å². The van der Waals surface area contributed by atoms with Gasteiger partial charge in [-0.2, -0.15) is 0 Å². The normalized spacial score (nSPS) is 11.3. The Morgan fingerprint density at radius 3 is 2.60 bits per heavy atom. The first-order valence-corrected chi connectivity index (χ1v) is 7.73. The van der Waals surface area contributed by atoms with Crippen molar-refractivity contribution in [2.24, 2.45) is 0 Å². The average molecular weight is 332 g/mol. The maximum Gasteiger partial charge on any atom is 0.263 e. The zero-order valence-corrected chi connectivity index (χ0v) is 12.7. The third-order valence-electron chi connectivity index (χ3n) is 2.60. The predicted molar refractivity (Wildman–Crippen MR) is 80.7 cm³/mol. The summed E-state index contributed by atoms with van der Waals surface area (Å²) in [4.78, 5) is 3.65. The number of nitrogens with two attached hydrogens (primary N) is 1. The minimum Gasteiger partial charge on any atom is -0.382 e. The highest BCUT2D eigenvalue weighted by Gasteiger charge is 2.17. The standard InChI is InChI=1S/C12H11Cl2N3O2S/c1-7-2-3-8(13)4-11(7)17-20(18,19)9-5-10(14)12(15)16-6-9/h2-6,17H,1H3,(H2,15,16). The number of rotatable bonds is 3. The highest BCUT2D eigenvalue weighted by Crippen LogP contribution is 2.25. The smallest absolute Gasteiger partial charge is 0.263 e. The number of sulfonamides is 1. The van der Waals surface area contributed by atoms with Crippen molar-refractivity contribution in [1.82, 2.24) is 4.98 Å². The van der Waals surface area contributed by atoms with Crippen molar-refractivity contribution in [3.05, 3.63) is 46.1 Å². The lowest BCUT2D eigenvalue weighted by Crippen LogP contribution is -2.14. The summed E-state index contributed by atoms with van der Waals surface area (Å²) < 4.78 is 26.9. The van der Waals surface area contributed by atoms with Crippen LogP contribution in [0.5, 0.6) is 0 Å². The van der Waals surface area contributed by atoms with Crippen LogP contribution >= 0.6 is 23.2 Å². The Kier molecular flexibility index (Phi) is 4.08. The van der Waals surface area contributed by atoms with Gasteiger partial charge in [-0.25, -0.2) is 13.4 Å². The van der Waals surface area contributed by atoms with Gasteiger partial charge >= 0.3 is 0 Å². The van der Waals surface area contributed by atoms with Gasteiger partial charge in [0.2, 0.25) is 0 Å². The number of nitrogens with one attached hydrogen (secondary N) is 1. The molecule has 1 aromatic carbocycles. The monoisotopic (exact) mass is 331 g/mol. The molecule has 0 aliphatic heterocycles. The van der Waals surface area contributed by atoms with Crippen molar-refractivity contribution in [2.45, 2.75) is 11.8 Å². The fraction of sp³-hybridized carbons (Fsp3) is 0.0833. The van der Waals surface area contributed by atoms with Crippen LogP contribution < -0.4 is 10.5 Å². The van der Waals surface area contributed by atoms with Crippen molar-refractivity contribution in [1.29, 1.82) is 0 Å². The lowest BCUT2D eigenvalue weighted by atomic mass is 10.2. The van der Waals surface area contributed by atoms with E-state index in [0.29, 0.717) is 10.7 Å². The summed E-state index contributed by atoms with van der Waals surface area (Å²) in [6, 6.07) is 6.16. The maximum atomic E-state index is 12.2. The number of halogens is 2. The molecule has 8 heteroatoms. The van der Waals surface area contributed by atoms with E-state index in [1.807, 2.05) is 0 Å². The molecule has 0 saturated heterocycles. The van der Waals surface area contributed by atoms with Crippen LogP contribution in [0.25, 0.3) is 0 Å². The van der Waals surface area contributed by atoms with Gasteiger partial charge in [-0.05, 0) is 30.7 Å². The van der Waals surface area contributed by atoms with E-state index in [1.54, 1.807) is 19.1 Å². The van der Waals surface area contributed by atoms with Crippen LogP contribution in [0.2, 0.25) is 10.0 Å². The van der Waals surface area contributed by atoms with Crippen molar-refractivity contribution >= 4 is 44.7 Å². The molecule has 0 amide bonds. The molecular formula is C12H11Cl2N3O2S. The molecule has 106 valence electrons. The Balaban J connectivity index is 2.40. The summed E-state index contributed by atoms with van der Waals surface area (Å²) in [6.45, 7) is 1.77. The Bertz CT molecular complexity index is 763. The number of hydrogen-bond acceptors (Lipinski definition) is 4. The van der Waals surface area contributed by atoms with Gasteiger partial charge in [0, 0.05) is 11.2 Å². The Hall–Kier alpha value is -1.50. The molecule has 5 nitrogen and oxygen atoms in total. The number of nitrogens with zero attached hydrogens (tertiary/aromatic N) is 1. The Morgan fingerprint density at radius 1 is 1.25 bits per heavy atom. The van der Waals surface area contributed by atoms with Crippen LogP contribution in [0.1, 0.15) is 5.56 Å². The third kappa shape index (κ3) is 3.15. The molecule has 0 saturated carbocycles. The first kappa shape index (κ1) is 14.9. The first-order chi connectivity index (χ1) is 9.29. The summed E-state index contributed by atoms with van der Waals surface area (Å²) in [5.41, 5.74) is 6.59. The average Bonchev–Trinajstić information content (AvgIpc) is 2.36. The summed E-state index contributed by atoms with van der Waals surface area (Å²) >= 11 is 11.6. The highest BCUT2D eigenvalue weighted by atomic mass is 35.5. The Morgan fingerprint density at radius 2 is 1.95 bits per heavy atom. The predicted octanol–water partition coefficient (Wildman–Crippen LogP) is 3.08. The fourth-order valence-corrected chi connectivity index (χ4v) is 2.98. The number of aromatic nitrogens is 1. The van der Waals surface area contributed by atoms with Crippen LogP contribution in [0.15, 0.2) is 35.4 Å². The summed E-state index contributed by atoms with van der Waals surface area (Å²) in [6.07, 6.45) is 1.14. The summed E-state index contributed by atoms with van der Waals surface area (Å²) in [5.74, 6) is 0.0737. The second kappa shape index (κ2) is 5.47. The molecule has 20 heavy (non-hydrogen) atoms. The number of nitrogen functional groups attached to an aromatic ring is 1. The Labute approximate surface area is 126 Å². The zero-order chi connectivity index (χ0) is 14.9. The van der Waals surface area contributed by atoms with E-state index in [0.717, 1.165) is 11.8 Å². The quantitative estimate of drug-likeness (QED) is 0.904. The van der Waals surface area contributed by atoms with Gasteiger partial charge < -0.3 is 5.73 Å². The van der Waals surface area contributed by atoms with E-state index in [1.165, 1.54) is 12.1 Å². The van der Waals surface area contributed by atoms with Gasteiger partial charge in [-0.15, -0.1) is 0 Å². The molecule has 2 rings (SSSR count). The molecule has 0 aliphatic rings. The van der Waals surface area contributed by atoms with E-state index >= 15 is 0 Å². The van der Waals surface area contributed by atoms with E-state index in [2.05, 4.69) is 9.71 Å². The van der Waals surface area contributed by atoms with Crippen LogP contribution in [-0.4, -0.2) is 13.4 Å². The maximum absolute atomic E-state index is 12.2. The van der Waals surface area contributed by atoms with Gasteiger partial charge in [0.15, 0.2) is 0 Å². The van der Waals surface area contributed by atoms with Crippen LogP contribution in [0.3, 0.4) is 0 Å². The van der Waals surface area contributed by atoms with Gasteiger partial charge in [0.05, 0.1) is 10.7 Å². The van der Waals surface area contributed by atoms with E-state index in [4.69, 9.17) is 28.9 Å². The number of aryl methyl sites for hydroxylation is 1. The number of benzene rings is 1. The molecule has 1 aromatic heterocycles. The van der Waals surface area contributed by atoms with E-state index in [9.17, 15) is 8.42 Å². The van der Waals surface area contributed by atoms with Crippen molar-refractivity contribution in [3.63, 3.8) is 0 Å². The van der Waals surface area contributed by atoms with Crippen LogP contribution in [0.4, 0.5) is 11.5 Å². The van der Waals surface area contributed by atoms with Gasteiger partial charge in [0.25, 0.3) is 10.0 Å². The SMILES string of the molecule is Cc1ccc(Cl)cc1NS(=O)(=O)c1cnc(N)c(Cl)c1. The summed E-state index contributed by atoms with van der Waals surface area (Å²) in [7, 11) is -3.80. The van der Waals surface area contributed by atoms with E-state index < -0.39 is 10.0 Å². The fourth-order valence-electron chi connectivity index (χ4n) is 1.49. The van der Waals surface area contributed by atoms with Crippen molar-refractivity contribution in [2.75, 3.05) is 10.5 Å². The molecule has 0 atom stereocenters. The lowest BCUT2D eigenvalue weighted by Gasteiger charge is -2.11. The molecule has 0 radical (unpaired) electrons. The van der Waals surface area contributed by atoms with Crippen molar-refractivity contribution in [3.8, 4) is 0 Å².